The normalized spacial score (nSPS) is 18.3. The number of rotatable bonds is 5. The SMILES string of the molecule is CCN(CC)C1CCN(c2ccc(N)c(C(=O)OC)c2)C1. The van der Waals surface area contributed by atoms with E-state index in [0.29, 0.717) is 17.3 Å². The van der Waals surface area contributed by atoms with Crippen LogP contribution in [0, 0.1) is 0 Å². The molecule has 1 fully saturated rings. The molecule has 1 aliphatic rings. The largest absolute Gasteiger partial charge is 0.465 e. The van der Waals surface area contributed by atoms with Crippen LogP contribution in [0.5, 0.6) is 0 Å². The fourth-order valence-electron chi connectivity index (χ4n) is 3.04. The van der Waals surface area contributed by atoms with Crippen molar-refractivity contribution in [1.29, 1.82) is 0 Å². The molecule has 116 valence electrons. The van der Waals surface area contributed by atoms with Crippen molar-refractivity contribution in [3.8, 4) is 0 Å². The Kier molecular flexibility index (Phi) is 5.07. The molecule has 2 rings (SSSR count). The maximum absolute atomic E-state index is 11.7. The molecule has 1 unspecified atom stereocenters. The third kappa shape index (κ3) is 3.29. The first-order valence-electron chi connectivity index (χ1n) is 7.57. The molecular formula is C16H25N3O2. The molecule has 1 aromatic rings. The Morgan fingerprint density at radius 2 is 2.14 bits per heavy atom. The lowest BCUT2D eigenvalue weighted by atomic mass is 10.1. The molecule has 21 heavy (non-hydrogen) atoms. The summed E-state index contributed by atoms with van der Waals surface area (Å²) in [6.07, 6.45) is 1.15. The van der Waals surface area contributed by atoms with Gasteiger partial charge in [0, 0.05) is 30.5 Å². The van der Waals surface area contributed by atoms with Crippen molar-refractivity contribution in [3.63, 3.8) is 0 Å². The van der Waals surface area contributed by atoms with E-state index in [2.05, 4.69) is 23.6 Å². The van der Waals surface area contributed by atoms with Gasteiger partial charge in [0.15, 0.2) is 0 Å². The molecule has 1 heterocycles. The molecule has 1 atom stereocenters. The molecule has 5 nitrogen and oxygen atoms in total. The summed E-state index contributed by atoms with van der Waals surface area (Å²) in [6, 6.07) is 6.18. The number of methoxy groups -OCH3 is 1. The average Bonchev–Trinajstić information content (AvgIpc) is 2.98. The topological polar surface area (TPSA) is 58.8 Å². The van der Waals surface area contributed by atoms with Gasteiger partial charge >= 0.3 is 5.97 Å². The van der Waals surface area contributed by atoms with Gasteiger partial charge in [-0.2, -0.15) is 0 Å². The first-order valence-corrected chi connectivity index (χ1v) is 7.57. The van der Waals surface area contributed by atoms with Crippen LogP contribution in [-0.4, -0.2) is 50.2 Å². The van der Waals surface area contributed by atoms with Gasteiger partial charge in [-0.1, -0.05) is 13.8 Å². The Hall–Kier alpha value is -1.75. The van der Waals surface area contributed by atoms with E-state index >= 15 is 0 Å². The second-order valence-electron chi connectivity index (χ2n) is 5.37. The summed E-state index contributed by atoms with van der Waals surface area (Å²) >= 11 is 0. The molecule has 2 N–H and O–H groups in total. The first kappa shape index (κ1) is 15.6. The van der Waals surface area contributed by atoms with E-state index in [-0.39, 0.29) is 5.97 Å². The van der Waals surface area contributed by atoms with E-state index in [4.69, 9.17) is 10.5 Å². The van der Waals surface area contributed by atoms with Crippen LogP contribution in [0.2, 0.25) is 0 Å². The maximum Gasteiger partial charge on any atom is 0.340 e. The predicted octanol–water partition coefficient (Wildman–Crippen LogP) is 1.98. The number of benzene rings is 1. The van der Waals surface area contributed by atoms with Crippen LogP contribution >= 0.6 is 0 Å². The van der Waals surface area contributed by atoms with E-state index in [1.807, 2.05) is 12.1 Å². The van der Waals surface area contributed by atoms with E-state index in [1.54, 1.807) is 6.07 Å². The summed E-state index contributed by atoms with van der Waals surface area (Å²) in [5.41, 5.74) is 7.81. The highest BCUT2D eigenvalue weighted by Crippen LogP contribution is 2.26. The fraction of sp³-hybridized carbons (Fsp3) is 0.562. The minimum atomic E-state index is -0.381. The molecule has 0 radical (unpaired) electrons. The minimum Gasteiger partial charge on any atom is -0.465 e. The van der Waals surface area contributed by atoms with Crippen molar-refractivity contribution in [2.24, 2.45) is 0 Å². The molecule has 5 heteroatoms. The minimum absolute atomic E-state index is 0.381. The number of anilines is 2. The van der Waals surface area contributed by atoms with Crippen molar-refractivity contribution < 1.29 is 9.53 Å². The smallest absolute Gasteiger partial charge is 0.340 e. The summed E-state index contributed by atoms with van der Waals surface area (Å²) in [7, 11) is 1.38. The number of carbonyl (C=O) groups is 1. The average molecular weight is 291 g/mol. The lowest BCUT2D eigenvalue weighted by molar-refractivity contribution is 0.0602. The van der Waals surface area contributed by atoms with Gasteiger partial charge in [0.1, 0.15) is 0 Å². The van der Waals surface area contributed by atoms with Gasteiger partial charge in [-0.15, -0.1) is 0 Å². The van der Waals surface area contributed by atoms with E-state index in [9.17, 15) is 4.79 Å². The molecule has 0 aliphatic carbocycles. The Labute approximate surface area is 126 Å². The van der Waals surface area contributed by atoms with Crippen LogP contribution in [-0.2, 0) is 4.74 Å². The van der Waals surface area contributed by atoms with Crippen molar-refractivity contribution in [1.82, 2.24) is 4.90 Å². The third-order valence-corrected chi connectivity index (χ3v) is 4.30. The Morgan fingerprint density at radius 3 is 2.76 bits per heavy atom. The fourth-order valence-corrected chi connectivity index (χ4v) is 3.04. The van der Waals surface area contributed by atoms with Gasteiger partial charge in [-0.3, -0.25) is 4.90 Å². The monoisotopic (exact) mass is 291 g/mol. The standard InChI is InChI=1S/C16H25N3O2/c1-4-18(5-2)13-8-9-19(11-13)12-6-7-15(17)14(10-12)16(20)21-3/h6-7,10,13H,4-5,8-9,11,17H2,1-3H3. The Bertz CT molecular complexity index is 500. The van der Waals surface area contributed by atoms with Crippen molar-refractivity contribution in [2.45, 2.75) is 26.3 Å². The molecule has 0 saturated carbocycles. The van der Waals surface area contributed by atoms with Crippen LogP contribution < -0.4 is 10.6 Å². The summed E-state index contributed by atoms with van der Waals surface area (Å²) in [5.74, 6) is -0.381. The van der Waals surface area contributed by atoms with Crippen molar-refractivity contribution in [3.05, 3.63) is 23.8 Å². The highest BCUT2D eigenvalue weighted by atomic mass is 16.5. The van der Waals surface area contributed by atoms with Crippen molar-refractivity contribution in [2.75, 3.05) is 43.9 Å². The maximum atomic E-state index is 11.7. The summed E-state index contributed by atoms with van der Waals surface area (Å²) in [5, 5.41) is 0. The summed E-state index contributed by atoms with van der Waals surface area (Å²) < 4.78 is 4.78. The second-order valence-corrected chi connectivity index (χ2v) is 5.37. The molecule has 1 saturated heterocycles. The summed E-state index contributed by atoms with van der Waals surface area (Å²) in [4.78, 5) is 16.5. The first-order chi connectivity index (χ1) is 10.1. The lowest BCUT2D eigenvalue weighted by Crippen LogP contribution is -2.37. The van der Waals surface area contributed by atoms with Gasteiger partial charge in [-0.25, -0.2) is 4.79 Å². The predicted molar refractivity (Wildman–Crippen MR) is 85.7 cm³/mol. The van der Waals surface area contributed by atoms with E-state index in [1.165, 1.54) is 7.11 Å². The van der Waals surface area contributed by atoms with Gasteiger partial charge in [0.05, 0.1) is 12.7 Å². The van der Waals surface area contributed by atoms with Gasteiger partial charge in [0.2, 0.25) is 0 Å². The number of likely N-dealkylation sites (N-methyl/N-ethyl adjacent to an activating group) is 1. The quantitative estimate of drug-likeness (QED) is 0.664. The van der Waals surface area contributed by atoms with Crippen LogP contribution in [0.15, 0.2) is 18.2 Å². The van der Waals surface area contributed by atoms with E-state index < -0.39 is 0 Å². The lowest BCUT2D eigenvalue weighted by Gasteiger charge is -2.26. The zero-order valence-corrected chi connectivity index (χ0v) is 13.1. The van der Waals surface area contributed by atoms with Gasteiger partial charge in [-0.05, 0) is 37.7 Å². The summed E-state index contributed by atoms with van der Waals surface area (Å²) in [6.45, 7) is 8.54. The van der Waals surface area contributed by atoms with Gasteiger partial charge in [0.25, 0.3) is 0 Å². The molecule has 0 spiro atoms. The van der Waals surface area contributed by atoms with Crippen LogP contribution in [0.1, 0.15) is 30.6 Å². The number of hydrogen-bond acceptors (Lipinski definition) is 5. The Morgan fingerprint density at radius 1 is 1.43 bits per heavy atom. The number of nitrogen functional groups attached to an aromatic ring is 1. The number of nitrogens with zero attached hydrogens (tertiary/aromatic N) is 2. The molecule has 0 bridgehead atoms. The number of hydrogen-bond donors (Lipinski definition) is 1. The van der Waals surface area contributed by atoms with Crippen LogP contribution in [0.3, 0.4) is 0 Å². The zero-order chi connectivity index (χ0) is 15.4. The highest BCUT2D eigenvalue weighted by molar-refractivity contribution is 5.96. The highest BCUT2D eigenvalue weighted by Gasteiger charge is 2.27. The van der Waals surface area contributed by atoms with E-state index in [0.717, 1.165) is 38.3 Å². The van der Waals surface area contributed by atoms with Crippen molar-refractivity contribution >= 4 is 17.3 Å². The van der Waals surface area contributed by atoms with Crippen LogP contribution in [0.4, 0.5) is 11.4 Å². The molecular weight excluding hydrogens is 266 g/mol. The number of ether oxygens (including phenoxy) is 1. The number of esters is 1. The molecule has 0 amide bonds. The molecule has 0 aromatic heterocycles. The van der Waals surface area contributed by atoms with Gasteiger partial charge < -0.3 is 15.4 Å². The Balaban J connectivity index is 2.15. The molecule has 1 aromatic carbocycles. The number of carbonyl (C=O) groups excluding carboxylic acids is 1. The second kappa shape index (κ2) is 6.80. The molecule has 1 aliphatic heterocycles. The zero-order valence-electron chi connectivity index (χ0n) is 13.1. The van der Waals surface area contributed by atoms with Crippen LogP contribution in [0.25, 0.3) is 0 Å². The number of nitrogens with two attached hydrogens (primary N) is 1. The third-order valence-electron chi connectivity index (χ3n) is 4.30.